The zero-order valence-corrected chi connectivity index (χ0v) is 13.4. The SMILES string of the molecule is CC(C)(C)c1[nH]c(C2CCCOC2)nc(=S)c1Br. The summed E-state index contributed by atoms with van der Waals surface area (Å²) >= 11 is 8.89. The van der Waals surface area contributed by atoms with Crippen LogP contribution in [0.5, 0.6) is 0 Å². The van der Waals surface area contributed by atoms with E-state index in [-0.39, 0.29) is 5.41 Å². The molecule has 2 heterocycles. The van der Waals surface area contributed by atoms with Gasteiger partial charge < -0.3 is 9.72 Å². The van der Waals surface area contributed by atoms with Gasteiger partial charge in [-0.1, -0.05) is 33.0 Å². The molecule has 0 bridgehead atoms. The number of ether oxygens (including phenoxy) is 1. The van der Waals surface area contributed by atoms with Gasteiger partial charge in [-0.25, -0.2) is 4.98 Å². The number of aromatic nitrogens is 2. The molecule has 5 heteroatoms. The highest BCUT2D eigenvalue weighted by Gasteiger charge is 2.24. The highest BCUT2D eigenvalue weighted by atomic mass is 79.9. The lowest BCUT2D eigenvalue weighted by molar-refractivity contribution is 0.0779. The third-order valence-electron chi connectivity index (χ3n) is 3.18. The van der Waals surface area contributed by atoms with Crippen molar-refractivity contribution in [3.63, 3.8) is 0 Å². The number of hydrogen-bond acceptors (Lipinski definition) is 3. The van der Waals surface area contributed by atoms with E-state index in [9.17, 15) is 0 Å². The third-order valence-corrected chi connectivity index (χ3v) is 4.51. The summed E-state index contributed by atoms with van der Waals surface area (Å²) in [5.41, 5.74) is 1.13. The fourth-order valence-corrected chi connectivity index (χ4v) is 3.13. The van der Waals surface area contributed by atoms with E-state index < -0.39 is 0 Å². The van der Waals surface area contributed by atoms with Crippen LogP contribution in [0.25, 0.3) is 0 Å². The number of H-pyrrole nitrogens is 1. The largest absolute Gasteiger partial charge is 0.381 e. The Morgan fingerprint density at radius 2 is 2.17 bits per heavy atom. The monoisotopic (exact) mass is 330 g/mol. The third kappa shape index (κ3) is 3.00. The lowest BCUT2D eigenvalue weighted by atomic mass is 9.91. The second kappa shape index (κ2) is 5.39. The fraction of sp³-hybridized carbons (Fsp3) is 0.692. The molecule has 1 saturated heterocycles. The maximum Gasteiger partial charge on any atom is 0.144 e. The van der Waals surface area contributed by atoms with Crippen LogP contribution in [-0.4, -0.2) is 23.2 Å². The van der Waals surface area contributed by atoms with Gasteiger partial charge in [0.05, 0.1) is 11.1 Å². The van der Waals surface area contributed by atoms with Crippen LogP contribution >= 0.6 is 28.1 Å². The Kier molecular flexibility index (Phi) is 4.24. The van der Waals surface area contributed by atoms with Crippen LogP contribution in [0.3, 0.4) is 0 Å². The van der Waals surface area contributed by atoms with Gasteiger partial charge in [0.15, 0.2) is 0 Å². The molecule has 0 spiro atoms. The van der Waals surface area contributed by atoms with Crippen molar-refractivity contribution >= 4 is 28.1 Å². The van der Waals surface area contributed by atoms with Gasteiger partial charge in [0, 0.05) is 23.6 Å². The second-order valence-electron chi connectivity index (χ2n) is 5.78. The fourth-order valence-electron chi connectivity index (χ4n) is 2.14. The Balaban J connectivity index is 2.44. The van der Waals surface area contributed by atoms with Gasteiger partial charge in [-0.05, 0) is 28.8 Å². The van der Waals surface area contributed by atoms with Crippen molar-refractivity contribution in [1.82, 2.24) is 9.97 Å². The summed E-state index contributed by atoms with van der Waals surface area (Å²) in [4.78, 5) is 7.96. The minimum atomic E-state index is 0.0135. The lowest BCUT2D eigenvalue weighted by Gasteiger charge is -2.25. The quantitative estimate of drug-likeness (QED) is 0.788. The van der Waals surface area contributed by atoms with Crippen molar-refractivity contribution < 1.29 is 4.74 Å². The first kappa shape index (κ1) is 14.2. The van der Waals surface area contributed by atoms with Gasteiger partial charge in [-0.15, -0.1) is 0 Å². The van der Waals surface area contributed by atoms with Gasteiger partial charge in [0.2, 0.25) is 0 Å². The molecule has 1 aliphatic rings. The number of aromatic amines is 1. The summed E-state index contributed by atoms with van der Waals surface area (Å²) in [6, 6.07) is 0. The smallest absolute Gasteiger partial charge is 0.144 e. The molecule has 1 N–H and O–H groups in total. The van der Waals surface area contributed by atoms with E-state index in [1.54, 1.807) is 0 Å². The van der Waals surface area contributed by atoms with Crippen LogP contribution in [0.15, 0.2) is 4.47 Å². The van der Waals surface area contributed by atoms with Crippen molar-refractivity contribution in [2.24, 2.45) is 0 Å². The molecule has 0 radical (unpaired) electrons. The van der Waals surface area contributed by atoms with Crippen molar-refractivity contribution in [3.05, 3.63) is 20.6 Å². The van der Waals surface area contributed by atoms with Crippen LogP contribution in [0.4, 0.5) is 0 Å². The molecular formula is C13H19BrN2OS. The van der Waals surface area contributed by atoms with Crippen LogP contribution in [-0.2, 0) is 10.2 Å². The summed E-state index contributed by atoms with van der Waals surface area (Å²) in [6.45, 7) is 8.10. The predicted octanol–water partition coefficient (Wildman–Crippen LogP) is 4.09. The molecule has 1 unspecified atom stereocenters. The Bertz CT molecular complexity index is 487. The molecule has 1 aromatic heterocycles. The van der Waals surface area contributed by atoms with Crippen molar-refractivity contribution in [1.29, 1.82) is 0 Å². The molecule has 0 aliphatic carbocycles. The predicted molar refractivity (Wildman–Crippen MR) is 78.6 cm³/mol. The van der Waals surface area contributed by atoms with E-state index in [4.69, 9.17) is 17.0 Å². The van der Waals surface area contributed by atoms with Crippen molar-refractivity contribution in [2.45, 2.75) is 44.9 Å². The number of halogens is 1. The molecule has 2 rings (SSSR count). The van der Waals surface area contributed by atoms with Gasteiger partial charge in [0.25, 0.3) is 0 Å². The summed E-state index contributed by atoms with van der Waals surface area (Å²) < 4.78 is 7.07. The molecule has 1 fully saturated rings. The standard InChI is InChI=1S/C13H19BrN2OS/c1-13(2,3)10-9(14)12(18)16-11(15-10)8-5-4-6-17-7-8/h8H,4-7H2,1-3H3,(H,15,16,18). The maximum absolute atomic E-state index is 5.53. The van der Waals surface area contributed by atoms with E-state index >= 15 is 0 Å². The van der Waals surface area contributed by atoms with E-state index in [1.165, 1.54) is 0 Å². The first-order chi connectivity index (χ1) is 8.39. The molecule has 18 heavy (non-hydrogen) atoms. The summed E-state index contributed by atoms with van der Waals surface area (Å²) in [5.74, 6) is 1.31. The molecule has 100 valence electrons. The van der Waals surface area contributed by atoms with Crippen LogP contribution < -0.4 is 0 Å². The van der Waals surface area contributed by atoms with Gasteiger partial charge in [-0.3, -0.25) is 0 Å². The second-order valence-corrected chi connectivity index (χ2v) is 6.96. The van der Waals surface area contributed by atoms with Crippen LogP contribution in [0, 0.1) is 4.64 Å². The Hall–Kier alpha value is -0.260. The minimum Gasteiger partial charge on any atom is -0.381 e. The zero-order valence-electron chi connectivity index (χ0n) is 11.0. The molecule has 0 saturated carbocycles. The Morgan fingerprint density at radius 3 is 2.72 bits per heavy atom. The molecule has 0 aromatic carbocycles. The molecule has 0 amide bonds. The first-order valence-corrected chi connectivity index (χ1v) is 7.47. The summed E-state index contributed by atoms with van der Waals surface area (Å²) in [6.07, 6.45) is 2.21. The molecule has 1 aromatic rings. The highest BCUT2D eigenvalue weighted by Crippen LogP contribution is 2.31. The normalized spacial score (nSPS) is 21.0. The molecule has 1 atom stereocenters. The first-order valence-electron chi connectivity index (χ1n) is 6.27. The minimum absolute atomic E-state index is 0.0135. The topological polar surface area (TPSA) is 37.9 Å². The van der Waals surface area contributed by atoms with Gasteiger partial charge >= 0.3 is 0 Å². The Morgan fingerprint density at radius 1 is 1.44 bits per heavy atom. The summed E-state index contributed by atoms with van der Waals surface area (Å²) in [7, 11) is 0. The molecule has 3 nitrogen and oxygen atoms in total. The zero-order chi connectivity index (χ0) is 13.3. The average Bonchev–Trinajstić information content (AvgIpc) is 2.32. The number of hydrogen-bond donors (Lipinski definition) is 1. The number of rotatable bonds is 1. The average molecular weight is 331 g/mol. The lowest BCUT2D eigenvalue weighted by Crippen LogP contribution is -2.22. The van der Waals surface area contributed by atoms with Crippen molar-refractivity contribution in [2.75, 3.05) is 13.2 Å². The van der Waals surface area contributed by atoms with E-state index in [0.29, 0.717) is 10.6 Å². The van der Waals surface area contributed by atoms with Crippen LogP contribution in [0.2, 0.25) is 0 Å². The van der Waals surface area contributed by atoms with Crippen LogP contribution in [0.1, 0.15) is 51.0 Å². The molecule has 1 aliphatic heterocycles. The van der Waals surface area contributed by atoms with E-state index in [0.717, 1.165) is 42.0 Å². The van der Waals surface area contributed by atoms with E-state index in [1.807, 2.05) is 0 Å². The number of nitrogens with zero attached hydrogens (tertiary/aromatic N) is 1. The van der Waals surface area contributed by atoms with Gasteiger partial charge in [-0.2, -0.15) is 0 Å². The summed E-state index contributed by atoms with van der Waals surface area (Å²) in [5, 5.41) is 0. The number of nitrogens with one attached hydrogen (secondary N) is 1. The maximum atomic E-state index is 5.53. The molecular weight excluding hydrogens is 312 g/mol. The Labute approximate surface area is 121 Å². The van der Waals surface area contributed by atoms with Gasteiger partial charge in [0.1, 0.15) is 10.5 Å². The highest BCUT2D eigenvalue weighted by molar-refractivity contribution is 9.10. The van der Waals surface area contributed by atoms with E-state index in [2.05, 4.69) is 46.7 Å². The van der Waals surface area contributed by atoms with Crippen molar-refractivity contribution in [3.8, 4) is 0 Å².